The van der Waals surface area contributed by atoms with Gasteiger partial charge in [0.25, 0.3) is 0 Å². The first-order chi connectivity index (χ1) is 11.1. The third-order valence-corrected chi connectivity index (χ3v) is 7.11. The van der Waals surface area contributed by atoms with Gasteiger partial charge >= 0.3 is 0 Å². The van der Waals surface area contributed by atoms with Crippen molar-refractivity contribution in [2.75, 3.05) is 25.1 Å². The number of aromatic amines is 1. The van der Waals surface area contributed by atoms with Crippen LogP contribution in [0.3, 0.4) is 0 Å². The van der Waals surface area contributed by atoms with Crippen LogP contribution in [0.15, 0.2) is 16.6 Å². The first-order valence-electron chi connectivity index (χ1n) is 8.66. The van der Waals surface area contributed by atoms with Gasteiger partial charge in [0, 0.05) is 39.6 Å². The lowest BCUT2D eigenvalue weighted by molar-refractivity contribution is 0.0983. The predicted molar refractivity (Wildman–Crippen MR) is 105 cm³/mol. The highest BCUT2D eigenvalue weighted by Gasteiger charge is 2.40. The largest absolute Gasteiger partial charge is 0.358 e. The third-order valence-electron chi connectivity index (χ3n) is 5.84. The summed E-state index contributed by atoms with van der Waals surface area (Å²) in [4.78, 5) is 6.37. The quantitative estimate of drug-likeness (QED) is 0.796. The van der Waals surface area contributed by atoms with Gasteiger partial charge < -0.3 is 4.98 Å². The average Bonchev–Trinajstić information content (AvgIpc) is 2.84. The molecular formula is C19H25BrN2S. The van der Waals surface area contributed by atoms with Crippen LogP contribution in [0.2, 0.25) is 0 Å². The molecule has 2 heterocycles. The van der Waals surface area contributed by atoms with E-state index in [0.29, 0.717) is 12.0 Å². The van der Waals surface area contributed by atoms with E-state index >= 15 is 0 Å². The van der Waals surface area contributed by atoms with Gasteiger partial charge in [-0.3, -0.25) is 4.90 Å². The van der Waals surface area contributed by atoms with Crippen molar-refractivity contribution in [2.24, 2.45) is 5.92 Å². The van der Waals surface area contributed by atoms with Crippen LogP contribution in [-0.2, 0) is 6.42 Å². The summed E-state index contributed by atoms with van der Waals surface area (Å²) in [6.07, 6.45) is 4.80. The molecule has 1 N–H and O–H groups in total. The average molecular weight is 393 g/mol. The summed E-state index contributed by atoms with van der Waals surface area (Å²) in [6, 6.07) is 5.32. The van der Waals surface area contributed by atoms with Crippen molar-refractivity contribution in [3.63, 3.8) is 0 Å². The number of piperidine rings is 1. The van der Waals surface area contributed by atoms with Crippen LogP contribution in [0.5, 0.6) is 0 Å². The van der Waals surface area contributed by atoms with Crippen molar-refractivity contribution in [3.05, 3.63) is 33.4 Å². The molecule has 0 spiro atoms. The Morgan fingerprint density at radius 2 is 2.22 bits per heavy atom. The lowest BCUT2D eigenvalue weighted by atomic mass is 9.72. The topological polar surface area (TPSA) is 19.0 Å². The second kappa shape index (κ2) is 6.12. The minimum absolute atomic E-state index is 0.678. The standard InChI is InChI=1S/C19H25BrN2S/c1-4-22-9-12(10-23-3)5-15-16-6-13(20)7-17-19(16)14(8-18(15)22)11(2)21-17/h6-7,12,15,18,21H,4-5,8-10H2,1-3H3/t12-,15?,18-/m1/s1. The van der Waals surface area contributed by atoms with E-state index in [1.54, 1.807) is 11.1 Å². The molecule has 23 heavy (non-hydrogen) atoms. The number of H-pyrrole nitrogens is 1. The van der Waals surface area contributed by atoms with Gasteiger partial charge in [0.1, 0.15) is 0 Å². The molecule has 1 aromatic carbocycles. The molecule has 1 aliphatic carbocycles. The van der Waals surface area contributed by atoms with E-state index in [-0.39, 0.29) is 0 Å². The number of rotatable bonds is 3. The van der Waals surface area contributed by atoms with Crippen LogP contribution in [0, 0.1) is 12.8 Å². The fraction of sp³-hybridized carbons (Fsp3) is 0.579. The summed E-state index contributed by atoms with van der Waals surface area (Å²) in [5.74, 6) is 2.79. The molecule has 0 saturated carbocycles. The molecule has 0 amide bonds. The van der Waals surface area contributed by atoms with Crippen LogP contribution in [-0.4, -0.2) is 41.0 Å². The minimum Gasteiger partial charge on any atom is -0.358 e. The van der Waals surface area contributed by atoms with Gasteiger partial charge in [-0.15, -0.1) is 0 Å². The van der Waals surface area contributed by atoms with Crippen molar-refractivity contribution in [1.29, 1.82) is 0 Å². The molecule has 1 aliphatic heterocycles. The Kier molecular flexibility index (Phi) is 4.27. The van der Waals surface area contributed by atoms with E-state index < -0.39 is 0 Å². The number of fused-ring (bicyclic) bond motifs is 2. The number of hydrogen-bond acceptors (Lipinski definition) is 2. The number of benzene rings is 1. The lowest BCUT2D eigenvalue weighted by Gasteiger charge is -2.47. The van der Waals surface area contributed by atoms with Crippen molar-refractivity contribution in [1.82, 2.24) is 9.88 Å². The molecule has 4 heteroatoms. The Labute approximate surface area is 151 Å². The smallest absolute Gasteiger partial charge is 0.0473 e. The molecule has 1 aromatic heterocycles. The molecule has 2 nitrogen and oxygen atoms in total. The zero-order valence-corrected chi connectivity index (χ0v) is 16.6. The number of halogens is 1. The van der Waals surface area contributed by atoms with E-state index in [4.69, 9.17) is 0 Å². The summed E-state index contributed by atoms with van der Waals surface area (Å²) < 4.78 is 1.21. The highest BCUT2D eigenvalue weighted by Crippen LogP contribution is 2.46. The number of aromatic nitrogens is 1. The number of likely N-dealkylation sites (tertiary alicyclic amines) is 1. The van der Waals surface area contributed by atoms with Crippen LogP contribution in [0.25, 0.3) is 10.9 Å². The minimum atomic E-state index is 0.678. The van der Waals surface area contributed by atoms with Gasteiger partial charge in [0.2, 0.25) is 0 Å². The van der Waals surface area contributed by atoms with Gasteiger partial charge in [-0.25, -0.2) is 0 Å². The summed E-state index contributed by atoms with van der Waals surface area (Å²) in [5, 5.41) is 1.52. The predicted octanol–water partition coefficient (Wildman–Crippen LogP) is 4.95. The van der Waals surface area contributed by atoms with Crippen LogP contribution >= 0.6 is 27.7 Å². The highest BCUT2D eigenvalue weighted by atomic mass is 79.9. The zero-order chi connectivity index (χ0) is 16.1. The molecular weight excluding hydrogens is 368 g/mol. The molecule has 4 rings (SSSR count). The molecule has 2 aromatic rings. The number of aryl methyl sites for hydroxylation is 1. The first kappa shape index (κ1) is 16.0. The number of nitrogens with zero attached hydrogens (tertiary/aromatic N) is 1. The first-order valence-corrected chi connectivity index (χ1v) is 10.8. The van der Waals surface area contributed by atoms with Crippen LogP contribution in [0.4, 0.5) is 0 Å². The molecule has 1 unspecified atom stereocenters. The van der Waals surface area contributed by atoms with E-state index in [1.807, 2.05) is 11.8 Å². The monoisotopic (exact) mass is 392 g/mol. The Balaban J connectivity index is 1.85. The Hall–Kier alpha value is -0.450. The van der Waals surface area contributed by atoms with Crippen molar-refractivity contribution < 1.29 is 0 Å². The third kappa shape index (κ3) is 2.58. The van der Waals surface area contributed by atoms with E-state index in [1.165, 1.54) is 52.8 Å². The Morgan fingerprint density at radius 1 is 1.39 bits per heavy atom. The summed E-state index contributed by atoms with van der Waals surface area (Å²) in [6.45, 7) is 7.01. The van der Waals surface area contributed by atoms with Crippen molar-refractivity contribution in [2.45, 2.75) is 38.6 Å². The molecule has 3 atom stereocenters. The number of hydrogen-bond donors (Lipinski definition) is 1. The Bertz CT molecular complexity index is 739. The van der Waals surface area contributed by atoms with E-state index in [0.717, 1.165) is 5.92 Å². The van der Waals surface area contributed by atoms with E-state index in [9.17, 15) is 0 Å². The highest BCUT2D eigenvalue weighted by molar-refractivity contribution is 9.10. The summed E-state index contributed by atoms with van der Waals surface area (Å²) in [5.41, 5.74) is 5.81. The molecule has 0 bridgehead atoms. The zero-order valence-electron chi connectivity index (χ0n) is 14.2. The molecule has 1 fully saturated rings. The van der Waals surface area contributed by atoms with Gasteiger partial charge in [-0.05, 0) is 67.5 Å². The molecule has 2 aliphatic rings. The fourth-order valence-corrected chi connectivity index (χ4v) is 6.11. The maximum Gasteiger partial charge on any atom is 0.0473 e. The Morgan fingerprint density at radius 3 is 2.96 bits per heavy atom. The number of nitrogens with one attached hydrogen (secondary N) is 1. The van der Waals surface area contributed by atoms with Crippen molar-refractivity contribution in [3.8, 4) is 0 Å². The number of thioether (sulfide) groups is 1. The van der Waals surface area contributed by atoms with Gasteiger partial charge in [-0.2, -0.15) is 11.8 Å². The van der Waals surface area contributed by atoms with Gasteiger partial charge in [0.05, 0.1) is 0 Å². The summed E-state index contributed by atoms with van der Waals surface area (Å²) >= 11 is 5.74. The van der Waals surface area contributed by atoms with Crippen LogP contribution in [0.1, 0.15) is 36.1 Å². The second-order valence-electron chi connectivity index (χ2n) is 7.17. The summed E-state index contributed by atoms with van der Waals surface area (Å²) in [7, 11) is 0. The van der Waals surface area contributed by atoms with E-state index in [2.05, 4.69) is 58.0 Å². The van der Waals surface area contributed by atoms with Gasteiger partial charge in [-0.1, -0.05) is 22.9 Å². The van der Waals surface area contributed by atoms with Crippen molar-refractivity contribution >= 4 is 38.6 Å². The fourth-order valence-electron chi connectivity index (χ4n) is 4.92. The molecule has 0 radical (unpaired) electrons. The maximum atomic E-state index is 3.74. The molecule has 124 valence electrons. The number of likely N-dealkylation sites (N-methyl/N-ethyl adjacent to an activating group) is 1. The van der Waals surface area contributed by atoms with Crippen LogP contribution < -0.4 is 0 Å². The lowest BCUT2D eigenvalue weighted by Crippen LogP contribution is -2.50. The van der Waals surface area contributed by atoms with Gasteiger partial charge in [0.15, 0.2) is 0 Å². The maximum absolute atomic E-state index is 3.74. The molecule has 1 saturated heterocycles. The normalized spacial score (nSPS) is 27.4. The second-order valence-corrected chi connectivity index (χ2v) is 9.00. The SMILES string of the molecule is CCN1C[C@H](CSC)CC2c3cc(Br)cc4[nH]c(C)c(c34)C[C@H]21.